The van der Waals surface area contributed by atoms with Crippen LogP contribution in [0.1, 0.15) is 34.1 Å². The Balaban J connectivity index is 4.16. The van der Waals surface area contributed by atoms with Crippen molar-refractivity contribution in [2.75, 3.05) is 19.7 Å². The van der Waals surface area contributed by atoms with Crippen LogP contribution in [0.3, 0.4) is 0 Å². The summed E-state index contributed by atoms with van der Waals surface area (Å²) in [5, 5.41) is 8.66. The van der Waals surface area contributed by atoms with Crippen LogP contribution < -0.4 is 0 Å². The van der Waals surface area contributed by atoms with Crippen molar-refractivity contribution in [3.8, 4) is 0 Å². The summed E-state index contributed by atoms with van der Waals surface area (Å²) in [6, 6.07) is 0. The molecule has 0 aromatic rings. The molecule has 0 fully saturated rings. The molecular formula is C10H21NO2. The summed E-state index contributed by atoms with van der Waals surface area (Å²) in [6.07, 6.45) is 0.662. The Hall–Kier alpha value is -0.570. The van der Waals surface area contributed by atoms with Crippen molar-refractivity contribution in [1.29, 1.82) is 0 Å². The second-order valence-electron chi connectivity index (χ2n) is 4.21. The van der Waals surface area contributed by atoms with Crippen LogP contribution in [-0.4, -0.2) is 35.6 Å². The highest BCUT2D eigenvalue weighted by atomic mass is 16.3. The van der Waals surface area contributed by atoms with Crippen LogP contribution in [0.15, 0.2) is 0 Å². The predicted octanol–water partition coefficient (Wildman–Crippen LogP) is 1.26. The lowest BCUT2D eigenvalue weighted by molar-refractivity contribution is -0.139. The fourth-order valence-corrected chi connectivity index (χ4v) is 1.14. The summed E-state index contributed by atoms with van der Waals surface area (Å²) in [7, 11) is 0. The van der Waals surface area contributed by atoms with Gasteiger partial charge in [0.25, 0.3) is 0 Å². The molecule has 0 spiro atoms. The highest BCUT2D eigenvalue weighted by Gasteiger charge is 2.25. The zero-order chi connectivity index (χ0) is 10.5. The van der Waals surface area contributed by atoms with Crippen molar-refractivity contribution in [2.24, 2.45) is 5.41 Å². The molecule has 1 amide bonds. The van der Waals surface area contributed by atoms with Crippen LogP contribution >= 0.6 is 0 Å². The molecule has 1 N–H and O–H groups in total. The highest BCUT2D eigenvalue weighted by Crippen LogP contribution is 2.17. The average molecular weight is 187 g/mol. The van der Waals surface area contributed by atoms with Gasteiger partial charge in [-0.1, -0.05) is 20.8 Å². The molecule has 0 aliphatic heterocycles. The first-order valence-electron chi connectivity index (χ1n) is 4.83. The predicted molar refractivity (Wildman–Crippen MR) is 53.4 cm³/mol. The van der Waals surface area contributed by atoms with E-state index in [0.29, 0.717) is 13.0 Å². The average Bonchev–Trinajstić information content (AvgIpc) is 2.04. The molecule has 13 heavy (non-hydrogen) atoms. The maximum absolute atomic E-state index is 11.7. The molecule has 0 unspecified atom stereocenters. The molecule has 0 bridgehead atoms. The number of carbonyl (C=O) groups excluding carboxylic acids is 1. The van der Waals surface area contributed by atoms with Crippen molar-refractivity contribution >= 4 is 5.91 Å². The first kappa shape index (κ1) is 12.4. The third-order valence-corrected chi connectivity index (χ3v) is 1.90. The van der Waals surface area contributed by atoms with Gasteiger partial charge >= 0.3 is 0 Å². The van der Waals surface area contributed by atoms with Crippen molar-refractivity contribution in [3.63, 3.8) is 0 Å². The Kier molecular flexibility index (Phi) is 4.99. The summed E-state index contributed by atoms with van der Waals surface area (Å²) < 4.78 is 0. The molecule has 0 radical (unpaired) electrons. The monoisotopic (exact) mass is 187 g/mol. The fraction of sp³-hybridized carbons (Fsp3) is 0.900. The van der Waals surface area contributed by atoms with E-state index in [1.54, 1.807) is 4.90 Å². The van der Waals surface area contributed by atoms with E-state index in [1.165, 1.54) is 0 Å². The quantitative estimate of drug-likeness (QED) is 0.720. The molecule has 3 heteroatoms. The van der Waals surface area contributed by atoms with Crippen molar-refractivity contribution in [3.05, 3.63) is 0 Å². The van der Waals surface area contributed by atoms with Gasteiger partial charge in [-0.2, -0.15) is 0 Å². The van der Waals surface area contributed by atoms with E-state index in [1.807, 2.05) is 27.7 Å². The van der Waals surface area contributed by atoms with Gasteiger partial charge in [0.2, 0.25) is 5.91 Å². The third kappa shape index (κ3) is 4.27. The minimum atomic E-state index is -0.314. The number of amides is 1. The minimum Gasteiger partial charge on any atom is -0.396 e. The normalized spacial score (nSPS) is 11.5. The lowest BCUT2D eigenvalue weighted by Gasteiger charge is -2.28. The van der Waals surface area contributed by atoms with Gasteiger partial charge in [-0.15, -0.1) is 0 Å². The van der Waals surface area contributed by atoms with Gasteiger partial charge in [0.05, 0.1) is 0 Å². The van der Waals surface area contributed by atoms with Gasteiger partial charge in [-0.05, 0) is 13.3 Å². The summed E-state index contributed by atoms with van der Waals surface area (Å²) >= 11 is 0. The van der Waals surface area contributed by atoms with Crippen molar-refractivity contribution < 1.29 is 9.90 Å². The van der Waals surface area contributed by atoms with E-state index in [-0.39, 0.29) is 17.9 Å². The zero-order valence-corrected chi connectivity index (χ0v) is 9.13. The standard InChI is InChI=1S/C10H21NO2/c1-5-11(7-6-8-12)9(13)10(2,3)4/h12H,5-8H2,1-4H3. The van der Waals surface area contributed by atoms with Gasteiger partial charge in [-0.3, -0.25) is 4.79 Å². The molecule has 0 heterocycles. The maximum Gasteiger partial charge on any atom is 0.227 e. The molecule has 0 rings (SSSR count). The van der Waals surface area contributed by atoms with E-state index in [4.69, 9.17) is 5.11 Å². The minimum absolute atomic E-state index is 0.147. The zero-order valence-electron chi connectivity index (χ0n) is 9.13. The molecule has 0 atom stereocenters. The van der Waals surface area contributed by atoms with Crippen LogP contribution in [0.5, 0.6) is 0 Å². The number of hydrogen-bond donors (Lipinski definition) is 1. The molecule has 78 valence electrons. The van der Waals surface area contributed by atoms with Gasteiger partial charge in [0, 0.05) is 25.1 Å². The molecule has 3 nitrogen and oxygen atoms in total. The Morgan fingerprint density at radius 2 is 1.92 bits per heavy atom. The van der Waals surface area contributed by atoms with E-state index < -0.39 is 0 Å². The Morgan fingerprint density at radius 1 is 1.38 bits per heavy atom. The van der Waals surface area contributed by atoms with Crippen LogP contribution in [0.2, 0.25) is 0 Å². The third-order valence-electron chi connectivity index (χ3n) is 1.90. The molecule has 0 aromatic carbocycles. The molecule has 0 aliphatic carbocycles. The lowest BCUT2D eigenvalue weighted by atomic mass is 9.94. The Morgan fingerprint density at radius 3 is 2.23 bits per heavy atom. The Labute approximate surface area is 80.7 Å². The maximum atomic E-state index is 11.7. The lowest BCUT2D eigenvalue weighted by Crippen LogP contribution is -2.40. The smallest absolute Gasteiger partial charge is 0.227 e. The number of aliphatic hydroxyl groups excluding tert-OH is 1. The van der Waals surface area contributed by atoms with E-state index in [9.17, 15) is 4.79 Å². The highest BCUT2D eigenvalue weighted by molar-refractivity contribution is 5.81. The van der Waals surface area contributed by atoms with Crippen LogP contribution in [0.4, 0.5) is 0 Å². The molecule has 0 saturated carbocycles. The molecule has 0 saturated heterocycles. The number of hydrogen-bond acceptors (Lipinski definition) is 2. The molecule has 0 aliphatic rings. The fourth-order valence-electron chi connectivity index (χ4n) is 1.14. The van der Waals surface area contributed by atoms with Gasteiger partial charge < -0.3 is 10.0 Å². The summed E-state index contributed by atoms with van der Waals surface area (Å²) in [6.45, 7) is 9.22. The summed E-state index contributed by atoms with van der Waals surface area (Å²) in [5.41, 5.74) is -0.314. The molecular weight excluding hydrogens is 166 g/mol. The Bertz CT molecular complexity index is 161. The van der Waals surface area contributed by atoms with Crippen LogP contribution in [0.25, 0.3) is 0 Å². The van der Waals surface area contributed by atoms with Crippen molar-refractivity contribution in [1.82, 2.24) is 4.90 Å². The summed E-state index contributed by atoms with van der Waals surface area (Å²) in [5.74, 6) is 0.156. The van der Waals surface area contributed by atoms with E-state index >= 15 is 0 Å². The second-order valence-corrected chi connectivity index (χ2v) is 4.21. The first-order valence-corrected chi connectivity index (χ1v) is 4.83. The van der Waals surface area contributed by atoms with Gasteiger partial charge in [0.1, 0.15) is 0 Å². The largest absolute Gasteiger partial charge is 0.396 e. The van der Waals surface area contributed by atoms with E-state index in [2.05, 4.69) is 0 Å². The molecule has 0 aromatic heterocycles. The van der Waals surface area contributed by atoms with Crippen LogP contribution in [-0.2, 0) is 4.79 Å². The number of nitrogens with zero attached hydrogens (tertiary/aromatic N) is 1. The number of carbonyl (C=O) groups is 1. The SMILES string of the molecule is CCN(CCCO)C(=O)C(C)(C)C. The van der Waals surface area contributed by atoms with E-state index in [0.717, 1.165) is 6.54 Å². The van der Waals surface area contributed by atoms with Crippen molar-refractivity contribution in [2.45, 2.75) is 34.1 Å². The van der Waals surface area contributed by atoms with Gasteiger partial charge in [0.15, 0.2) is 0 Å². The first-order chi connectivity index (χ1) is 5.93. The summed E-state index contributed by atoms with van der Waals surface area (Å²) in [4.78, 5) is 13.5. The second kappa shape index (κ2) is 5.22. The number of rotatable bonds is 4. The van der Waals surface area contributed by atoms with Gasteiger partial charge in [-0.25, -0.2) is 0 Å². The topological polar surface area (TPSA) is 40.5 Å². The number of aliphatic hydroxyl groups is 1. The van der Waals surface area contributed by atoms with Crippen LogP contribution in [0, 0.1) is 5.41 Å².